The lowest BCUT2D eigenvalue weighted by Crippen LogP contribution is -2.66. The van der Waals surface area contributed by atoms with Crippen molar-refractivity contribution in [3.05, 3.63) is 168 Å². The van der Waals surface area contributed by atoms with E-state index in [9.17, 15) is 9.90 Å². The second kappa shape index (κ2) is 13.0. The molecule has 45 heavy (non-hydrogen) atoms. The van der Waals surface area contributed by atoms with Crippen molar-refractivity contribution in [3.8, 4) is 0 Å². The Kier molecular flexibility index (Phi) is 8.31. The molecule has 4 nitrogen and oxygen atoms in total. The summed E-state index contributed by atoms with van der Waals surface area (Å²) in [5, 5.41) is 16.9. The Balaban J connectivity index is 1.30. The Morgan fingerprint density at radius 3 is 1.56 bits per heavy atom. The number of fused-ring (bicyclic) bond motifs is 2. The van der Waals surface area contributed by atoms with Gasteiger partial charge in [-0.1, -0.05) is 146 Å². The topological polar surface area (TPSA) is 43.8 Å². The molecule has 1 aliphatic heterocycles. The normalized spacial score (nSPS) is 18.5. The van der Waals surface area contributed by atoms with Gasteiger partial charge in [0.15, 0.2) is 0 Å². The first-order valence-corrected chi connectivity index (χ1v) is 15.9. The number of aryl methyl sites for hydroxylation is 1. The lowest BCUT2D eigenvalue weighted by molar-refractivity contribution is -0.0451. The van der Waals surface area contributed by atoms with Gasteiger partial charge in [0.2, 0.25) is 0 Å². The van der Waals surface area contributed by atoms with Gasteiger partial charge in [0.05, 0.1) is 18.2 Å². The molecule has 0 saturated carbocycles. The molecule has 6 aromatic rings. The maximum Gasteiger partial charge on any atom is 0.321 e. The predicted molar refractivity (Wildman–Crippen MR) is 183 cm³/mol. The summed E-state index contributed by atoms with van der Waals surface area (Å²) >= 11 is 0. The Bertz CT molecular complexity index is 1900. The second-order valence-electron chi connectivity index (χ2n) is 12.2. The minimum Gasteiger partial charge on any atom is -0.389 e. The highest BCUT2D eigenvalue weighted by Gasteiger charge is 2.45. The predicted octanol–water partition coefficient (Wildman–Crippen LogP) is 8.40. The van der Waals surface area contributed by atoms with Crippen molar-refractivity contribution in [2.45, 2.75) is 50.5 Å². The first-order valence-electron chi connectivity index (χ1n) is 15.9. The van der Waals surface area contributed by atoms with Crippen molar-refractivity contribution < 1.29 is 9.90 Å². The summed E-state index contributed by atoms with van der Waals surface area (Å²) < 4.78 is 0. The van der Waals surface area contributed by atoms with Crippen LogP contribution in [0.15, 0.2) is 146 Å². The molecule has 0 aliphatic carbocycles. The highest BCUT2D eigenvalue weighted by atomic mass is 16.3. The standard InChI is InChI=1S/C41H38N2O2/c44-40-38(26-25-30-13-3-1-4-14-30)42(28-34-21-11-19-32-17-7-9-23-36(32)34)41(45)43(39(40)27-31-15-5-2-6-16-31)29-35-22-12-20-33-18-8-10-24-37(33)35/h1-24,38-40,44H,25-29H2. The third kappa shape index (κ3) is 6.07. The number of aliphatic hydroxyl groups is 1. The number of carbonyl (C=O) groups excluding carboxylic acids is 1. The lowest BCUT2D eigenvalue weighted by Gasteiger charge is -2.50. The molecule has 0 radical (unpaired) electrons. The summed E-state index contributed by atoms with van der Waals surface area (Å²) in [6, 6.07) is 49.1. The van der Waals surface area contributed by atoms with E-state index in [1.54, 1.807) is 0 Å². The van der Waals surface area contributed by atoms with Crippen LogP contribution in [0.3, 0.4) is 0 Å². The molecular weight excluding hydrogens is 552 g/mol. The van der Waals surface area contributed by atoms with Gasteiger partial charge in [-0.3, -0.25) is 0 Å². The molecule has 3 unspecified atom stereocenters. The van der Waals surface area contributed by atoms with Gasteiger partial charge >= 0.3 is 6.03 Å². The molecule has 1 N–H and O–H groups in total. The molecule has 0 bridgehead atoms. The van der Waals surface area contributed by atoms with E-state index in [-0.39, 0.29) is 18.1 Å². The monoisotopic (exact) mass is 590 g/mol. The van der Waals surface area contributed by atoms with Crippen molar-refractivity contribution in [2.24, 2.45) is 0 Å². The van der Waals surface area contributed by atoms with Gasteiger partial charge in [-0.2, -0.15) is 0 Å². The van der Waals surface area contributed by atoms with Crippen molar-refractivity contribution in [3.63, 3.8) is 0 Å². The number of hydrogen-bond donors (Lipinski definition) is 1. The van der Waals surface area contributed by atoms with E-state index >= 15 is 0 Å². The zero-order chi connectivity index (χ0) is 30.6. The highest BCUT2D eigenvalue weighted by Crippen LogP contribution is 2.33. The van der Waals surface area contributed by atoms with Crippen molar-refractivity contribution in [2.75, 3.05) is 0 Å². The molecule has 2 amide bonds. The van der Waals surface area contributed by atoms with Crippen LogP contribution in [-0.2, 0) is 25.9 Å². The molecule has 1 heterocycles. The number of benzene rings is 6. The van der Waals surface area contributed by atoms with E-state index in [0.29, 0.717) is 25.9 Å². The zero-order valence-electron chi connectivity index (χ0n) is 25.4. The first kappa shape index (κ1) is 28.8. The van der Waals surface area contributed by atoms with Gasteiger partial charge in [-0.25, -0.2) is 4.79 Å². The zero-order valence-corrected chi connectivity index (χ0v) is 25.4. The minimum absolute atomic E-state index is 0.0276. The Labute approximate surface area is 265 Å². The van der Waals surface area contributed by atoms with Crippen LogP contribution in [0.1, 0.15) is 28.7 Å². The molecule has 0 aromatic heterocycles. The molecule has 4 heteroatoms. The smallest absolute Gasteiger partial charge is 0.321 e. The Hall–Kier alpha value is -4.93. The van der Waals surface area contributed by atoms with Crippen LogP contribution in [0.2, 0.25) is 0 Å². The third-order valence-electron chi connectivity index (χ3n) is 9.38. The highest BCUT2D eigenvalue weighted by molar-refractivity contribution is 5.87. The molecule has 3 atom stereocenters. The van der Waals surface area contributed by atoms with Gasteiger partial charge in [-0.05, 0) is 63.1 Å². The fourth-order valence-electron chi connectivity index (χ4n) is 7.04. The maximum atomic E-state index is 14.9. The van der Waals surface area contributed by atoms with Crippen LogP contribution < -0.4 is 0 Å². The van der Waals surface area contributed by atoms with Gasteiger partial charge in [0, 0.05) is 13.1 Å². The number of hydrogen-bond acceptors (Lipinski definition) is 2. The summed E-state index contributed by atoms with van der Waals surface area (Å²) in [6.45, 7) is 0.854. The maximum absolute atomic E-state index is 14.9. The van der Waals surface area contributed by atoms with Crippen LogP contribution in [0.25, 0.3) is 21.5 Å². The lowest BCUT2D eigenvalue weighted by atomic mass is 9.87. The summed E-state index contributed by atoms with van der Waals surface area (Å²) in [5.41, 5.74) is 4.49. The molecule has 1 saturated heterocycles. The average Bonchev–Trinajstić information content (AvgIpc) is 3.09. The summed E-state index contributed by atoms with van der Waals surface area (Å²) in [7, 11) is 0. The number of nitrogens with zero attached hydrogens (tertiary/aromatic N) is 2. The fourth-order valence-corrected chi connectivity index (χ4v) is 7.04. The number of rotatable bonds is 9. The van der Waals surface area contributed by atoms with Gasteiger partial charge < -0.3 is 14.9 Å². The van der Waals surface area contributed by atoms with E-state index in [0.717, 1.165) is 44.7 Å². The van der Waals surface area contributed by atoms with Gasteiger partial charge in [0.1, 0.15) is 0 Å². The summed E-state index contributed by atoms with van der Waals surface area (Å²) in [5.74, 6) is 0. The van der Waals surface area contributed by atoms with E-state index in [4.69, 9.17) is 0 Å². The van der Waals surface area contributed by atoms with Crippen molar-refractivity contribution in [1.82, 2.24) is 9.80 Å². The molecule has 6 aromatic carbocycles. The molecule has 224 valence electrons. The fraction of sp³-hybridized carbons (Fsp3) is 0.195. The molecule has 1 fully saturated rings. The van der Waals surface area contributed by atoms with Crippen LogP contribution in [0.5, 0.6) is 0 Å². The van der Waals surface area contributed by atoms with Crippen LogP contribution >= 0.6 is 0 Å². The van der Waals surface area contributed by atoms with Crippen molar-refractivity contribution >= 4 is 27.6 Å². The van der Waals surface area contributed by atoms with E-state index < -0.39 is 6.10 Å². The van der Waals surface area contributed by atoms with Crippen LogP contribution in [-0.4, -0.2) is 39.1 Å². The SMILES string of the molecule is O=C1N(Cc2cccc3ccccc23)C(CCc2ccccc2)C(O)C(Cc2ccccc2)N1Cc1cccc2ccccc12. The molecule has 1 aliphatic rings. The summed E-state index contributed by atoms with van der Waals surface area (Å²) in [4.78, 5) is 18.8. The van der Waals surface area contributed by atoms with Crippen LogP contribution in [0, 0.1) is 0 Å². The Morgan fingerprint density at radius 2 is 0.978 bits per heavy atom. The van der Waals surface area contributed by atoms with E-state index in [1.807, 2.05) is 58.3 Å². The number of aliphatic hydroxyl groups excluding tert-OH is 1. The average molecular weight is 591 g/mol. The van der Waals surface area contributed by atoms with Gasteiger partial charge in [-0.15, -0.1) is 0 Å². The third-order valence-corrected chi connectivity index (χ3v) is 9.38. The first-order chi connectivity index (χ1) is 22.2. The molecule has 7 rings (SSSR count). The summed E-state index contributed by atoms with van der Waals surface area (Å²) in [6.07, 6.45) is 1.30. The van der Waals surface area contributed by atoms with E-state index in [1.165, 1.54) is 5.56 Å². The van der Waals surface area contributed by atoms with Gasteiger partial charge in [0.25, 0.3) is 0 Å². The number of carbonyl (C=O) groups is 1. The molecular formula is C41H38N2O2. The quantitative estimate of drug-likeness (QED) is 0.184. The number of amides is 2. The van der Waals surface area contributed by atoms with Crippen LogP contribution in [0.4, 0.5) is 4.79 Å². The number of urea groups is 1. The second-order valence-corrected chi connectivity index (χ2v) is 12.2. The van der Waals surface area contributed by atoms with E-state index in [2.05, 4.69) is 97.1 Å². The molecule has 0 spiro atoms. The largest absolute Gasteiger partial charge is 0.389 e. The van der Waals surface area contributed by atoms with Crippen molar-refractivity contribution in [1.29, 1.82) is 0 Å². The Morgan fingerprint density at radius 1 is 0.511 bits per heavy atom. The minimum atomic E-state index is -0.739.